The van der Waals surface area contributed by atoms with E-state index in [9.17, 15) is 18.0 Å². The maximum atomic E-state index is 14.1. The van der Waals surface area contributed by atoms with E-state index in [0.29, 0.717) is 19.6 Å². The van der Waals surface area contributed by atoms with Crippen LogP contribution in [0.25, 0.3) is 0 Å². The van der Waals surface area contributed by atoms with Gasteiger partial charge in [0.05, 0.1) is 0 Å². The molecule has 2 N–H and O–H groups in total. The van der Waals surface area contributed by atoms with Crippen molar-refractivity contribution in [2.75, 3.05) is 26.2 Å². The Labute approximate surface area is 157 Å². The number of halogens is 3. The molecule has 4 nitrogen and oxygen atoms in total. The fourth-order valence-corrected chi connectivity index (χ4v) is 5.17. The van der Waals surface area contributed by atoms with Crippen LogP contribution in [0.2, 0.25) is 0 Å². The monoisotopic (exact) mass is 381 g/mol. The van der Waals surface area contributed by atoms with Gasteiger partial charge in [0.25, 0.3) is 0 Å². The van der Waals surface area contributed by atoms with Gasteiger partial charge in [-0.2, -0.15) is 13.2 Å². The number of benzene rings is 1. The van der Waals surface area contributed by atoms with Gasteiger partial charge >= 0.3 is 6.18 Å². The molecule has 1 amide bonds. The van der Waals surface area contributed by atoms with Crippen LogP contribution in [-0.2, 0) is 11.3 Å². The molecule has 2 heterocycles. The summed E-state index contributed by atoms with van der Waals surface area (Å²) in [6, 6.07) is 9.44. The SMILES string of the molecule is NC1CCC2CN(C(=O)C3(C(F)(F)F)CCN(Cc4ccccc4)C3)CC12. The highest BCUT2D eigenvalue weighted by Crippen LogP contribution is 2.49. The Kier molecular flexibility index (Phi) is 4.71. The van der Waals surface area contributed by atoms with E-state index in [2.05, 4.69) is 0 Å². The molecule has 3 aliphatic rings. The van der Waals surface area contributed by atoms with E-state index in [4.69, 9.17) is 5.73 Å². The predicted molar refractivity (Wildman–Crippen MR) is 95.6 cm³/mol. The molecule has 0 spiro atoms. The number of amides is 1. The van der Waals surface area contributed by atoms with Crippen LogP contribution in [0.1, 0.15) is 24.8 Å². The standard InChI is InChI=1S/C20H26F3N3O/c21-20(22,23)19(8-9-25(13-19)10-14-4-2-1-3-5-14)18(27)26-11-15-6-7-17(24)16(15)12-26/h1-5,15-17H,6-13,24H2. The fourth-order valence-electron chi connectivity index (χ4n) is 5.17. The molecule has 1 aromatic carbocycles. The minimum atomic E-state index is -4.55. The van der Waals surface area contributed by atoms with Crippen molar-refractivity contribution >= 4 is 5.91 Å². The van der Waals surface area contributed by atoms with Crippen molar-refractivity contribution in [3.05, 3.63) is 35.9 Å². The lowest BCUT2D eigenvalue weighted by atomic mass is 9.84. The zero-order valence-corrected chi connectivity index (χ0v) is 15.3. The smallest absolute Gasteiger partial charge is 0.341 e. The summed E-state index contributed by atoms with van der Waals surface area (Å²) in [6.45, 7) is 1.25. The van der Waals surface area contributed by atoms with Crippen LogP contribution in [0.15, 0.2) is 30.3 Å². The molecule has 4 atom stereocenters. The van der Waals surface area contributed by atoms with Gasteiger partial charge in [-0.1, -0.05) is 30.3 Å². The van der Waals surface area contributed by atoms with Crippen molar-refractivity contribution in [3.63, 3.8) is 0 Å². The van der Waals surface area contributed by atoms with Crippen LogP contribution >= 0.6 is 0 Å². The maximum absolute atomic E-state index is 14.1. The van der Waals surface area contributed by atoms with E-state index in [1.165, 1.54) is 4.90 Å². The number of nitrogens with zero attached hydrogens (tertiary/aromatic N) is 2. The molecule has 2 saturated heterocycles. The average Bonchev–Trinajstić information content (AvgIpc) is 3.31. The number of fused-ring (bicyclic) bond motifs is 1. The summed E-state index contributed by atoms with van der Waals surface area (Å²) >= 11 is 0. The Morgan fingerprint density at radius 3 is 2.59 bits per heavy atom. The highest BCUT2D eigenvalue weighted by Gasteiger charge is 2.64. The first-order valence-electron chi connectivity index (χ1n) is 9.68. The van der Waals surface area contributed by atoms with Gasteiger partial charge in [-0.25, -0.2) is 0 Å². The van der Waals surface area contributed by atoms with Gasteiger partial charge in [-0.15, -0.1) is 0 Å². The molecule has 1 aliphatic carbocycles. The second-order valence-corrected chi connectivity index (χ2v) is 8.40. The van der Waals surface area contributed by atoms with Crippen molar-refractivity contribution < 1.29 is 18.0 Å². The molecule has 0 bridgehead atoms. The summed E-state index contributed by atoms with van der Waals surface area (Å²) in [5, 5.41) is 0. The minimum Gasteiger partial charge on any atom is -0.341 e. The highest BCUT2D eigenvalue weighted by molar-refractivity contribution is 5.84. The Morgan fingerprint density at radius 2 is 1.93 bits per heavy atom. The molecule has 2 aliphatic heterocycles. The van der Waals surface area contributed by atoms with Crippen molar-refractivity contribution in [2.24, 2.45) is 23.0 Å². The molecule has 4 unspecified atom stereocenters. The third-order valence-electron chi connectivity index (χ3n) is 6.75. The van der Waals surface area contributed by atoms with E-state index >= 15 is 0 Å². The molecule has 0 aromatic heterocycles. The van der Waals surface area contributed by atoms with Crippen LogP contribution in [0, 0.1) is 17.3 Å². The second kappa shape index (κ2) is 6.78. The van der Waals surface area contributed by atoms with Crippen molar-refractivity contribution in [1.82, 2.24) is 9.80 Å². The van der Waals surface area contributed by atoms with Crippen molar-refractivity contribution in [1.29, 1.82) is 0 Å². The van der Waals surface area contributed by atoms with Crippen LogP contribution in [0.5, 0.6) is 0 Å². The highest BCUT2D eigenvalue weighted by atomic mass is 19.4. The molecule has 1 aromatic rings. The summed E-state index contributed by atoms with van der Waals surface area (Å²) in [5.74, 6) is -0.329. The summed E-state index contributed by atoms with van der Waals surface area (Å²) < 4.78 is 42.3. The molecule has 3 fully saturated rings. The number of rotatable bonds is 3. The molecule has 1 saturated carbocycles. The van der Waals surface area contributed by atoms with Gasteiger partial charge in [-0.3, -0.25) is 9.69 Å². The fraction of sp³-hybridized carbons (Fsp3) is 0.650. The number of hydrogen-bond acceptors (Lipinski definition) is 3. The Balaban J connectivity index is 1.51. The van der Waals surface area contributed by atoms with Gasteiger partial charge < -0.3 is 10.6 Å². The first-order chi connectivity index (χ1) is 12.8. The third kappa shape index (κ3) is 3.25. The molecule has 27 heavy (non-hydrogen) atoms. The summed E-state index contributed by atoms with van der Waals surface area (Å²) in [5.41, 5.74) is 4.77. The molecule has 148 valence electrons. The van der Waals surface area contributed by atoms with E-state index in [0.717, 1.165) is 18.4 Å². The van der Waals surface area contributed by atoms with Gasteiger partial charge in [0, 0.05) is 32.2 Å². The predicted octanol–water partition coefficient (Wildman–Crippen LogP) is 2.64. The van der Waals surface area contributed by atoms with Crippen molar-refractivity contribution in [2.45, 2.75) is 38.0 Å². The third-order valence-corrected chi connectivity index (χ3v) is 6.75. The first kappa shape index (κ1) is 18.7. The number of hydrogen-bond donors (Lipinski definition) is 1. The molecule has 4 rings (SSSR count). The lowest BCUT2D eigenvalue weighted by Gasteiger charge is -2.34. The van der Waals surface area contributed by atoms with E-state index in [-0.39, 0.29) is 37.4 Å². The summed E-state index contributed by atoms with van der Waals surface area (Å²) in [4.78, 5) is 16.3. The number of alkyl halides is 3. The summed E-state index contributed by atoms with van der Waals surface area (Å²) in [7, 11) is 0. The molecular formula is C20H26F3N3O. The largest absolute Gasteiger partial charge is 0.404 e. The van der Waals surface area contributed by atoms with E-state index < -0.39 is 17.5 Å². The zero-order chi connectivity index (χ0) is 19.2. The van der Waals surface area contributed by atoms with Crippen LogP contribution in [0.4, 0.5) is 13.2 Å². The van der Waals surface area contributed by atoms with Crippen LogP contribution < -0.4 is 5.73 Å². The van der Waals surface area contributed by atoms with Gasteiger partial charge in [0.2, 0.25) is 5.91 Å². The van der Waals surface area contributed by atoms with Crippen LogP contribution in [-0.4, -0.2) is 54.1 Å². The summed E-state index contributed by atoms with van der Waals surface area (Å²) in [6.07, 6.45) is -2.89. The second-order valence-electron chi connectivity index (χ2n) is 8.40. The number of likely N-dealkylation sites (tertiary alicyclic amines) is 2. The zero-order valence-electron chi connectivity index (χ0n) is 15.3. The Morgan fingerprint density at radius 1 is 1.19 bits per heavy atom. The Bertz CT molecular complexity index is 695. The lowest BCUT2D eigenvalue weighted by molar-refractivity contribution is -0.223. The average molecular weight is 381 g/mol. The van der Waals surface area contributed by atoms with Gasteiger partial charge in [0.15, 0.2) is 5.41 Å². The quantitative estimate of drug-likeness (QED) is 0.876. The van der Waals surface area contributed by atoms with Crippen LogP contribution in [0.3, 0.4) is 0 Å². The maximum Gasteiger partial charge on any atom is 0.404 e. The molecule has 0 radical (unpaired) electrons. The van der Waals surface area contributed by atoms with E-state index in [1.54, 1.807) is 4.90 Å². The normalized spacial score (nSPS) is 34.2. The molecule has 7 heteroatoms. The Hall–Kier alpha value is -1.60. The first-order valence-corrected chi connectivity index (χ1v) is 9.68. The molecular weight excluding hydrogens is 355 g/mol. The number of carbonyl (C=O) groups is 1. The lowest BCUT2D eigenvalue weighted by Crippen LogP contribution is -2.53. The van der Waals surface area contributed by atoms with Gasteiger partial charge in [-0.05, 0) is 43.2 Å². The van der Waals surface area contributed by atoms with E-state index in [1.807, 2.05) is 30.3 Å². The number of nitrogens with two attached hydrogens (primary N) is 1. The number of carbonyl (C=O) groups excluding carboxylic acids is 1. The topological polar surface area (TPSA) is 49.6 Å². The minimum absolute atomic E-state index is 0.00722. The van der Waals surface area contributed by atoms with Crippen molar-refractivity contribution in [3.8, 4) is 0 Å². The van der Waals surface area contributed by atoms with Gasteiger partial charge in [0.1, 0.15) is 0 Å².